The summed E-state index contributed by atoms with van der Waals surface area (Å²) in [7, 11) is 3.66. The Morgan fingerprint density at radius 1 is 1.36 bits per heavy atom. The third-order valence-corrected chi connectivity index (χ3v) is 5.48. The van der Waals surface area contributed by atoms with E-state index >= 15 is 0 Å². The molecule has 1 aromatic heterocycles. The molecule has 0 spiro atoms. The second-order valence-corrected chi connectivity index (χ2v) is 7.05. The maximum absolute atomic E-state index is 12.9. The minimum atomic E-state index is 0.0476. The van der Waals surface area contributed by atoms with Crippen LogP contribution in [0.25, 0.3) is 10.9 Å². The molecule has 0 bridgehead atoms. The predicted molar refractivity (Wildman–Crippen MR) is 101 cm³/mol. The largest absolute Gasteiger partial charge is 0.383 e. The molecule has 1 aromatic carbocycles. The highest BCUT2D eigenvalue weighted by atomic mass is 16.5. The normalized spacial score (nSPS) is 17.7. The van der Waals surface area contributed by atoms with E-state index in [1.165, 1.54) is 5.39 Å². The van der Waals surface area contributed by atoms with Gasteiger partial charge >= 0.3 is 0 Å². The van der Waals surface area contributed by atoms with Crippen molar-refractivity contribution in [2.75, 3.05) is 40.4 Å². The molecule has 0 aliphatic carbocycles. The molecule has 1 fully saturated rings. The third-order valence-electron chi connectivity index (χ3n) is 5.48. The molecule has 2 heterocycles. The molecule has 5 nitrogen and oxygen atoms in total. The second-order valence-electron chi connectivity index (χ2n) is 7.05. The highest BCUT2D eigenvalue weighted by molar-refractivity contribution is 5.82. The standard InChI is InChI=1S/C20H29N3O2/c1-15(19-14-17-6-4-5-7-18(17)21-19)22(2)20(24)16-8-10-23(11-9-16)12-13-25-3/h4-7,14-16,21H,8-13H2,1-3H3/t15-/m0/s1. The van der Waals surface area contributed by atoms with Gasteiger partial charge in [-0.1, -0.05) is 18.2 Å². The average Bonchev–Trinajstić information content (AvgIpc) is 3.09. The van der Waals surface area contributed by atoms with Crippen LogP contribution in [0.4, 0.5) is 0 Å². The van der Waals surface area contributed by atoms with Crippen LogP contribution in [-0.4, -0.2) is 61.1 Å². The van der Waals surface area contributed by atoms with E-state index in [0.717, 1.165) is 50.3 Å². The number of aromatic amines is 1. The van der Waals surface area contributed by atoms with E-state index in [0.29, 0.717) is 0 Å². The molecule has 1 saturated heterocycles. The topological polar surface area (TPSA) is 48.6 Å². The van der Waals surface area contributed by atoms with Crippen molar-refractivity contribution in [1.29, 1.82) is 0 Å². The quantitative estimate of drug-likeness (QED) is 0.877. The molecule has 1 atom stereocenters. The molecule has 1 aliphatic rings. The van der Waals surface area contributed by atoms with Gasteiger partial charge in [-0.2, -0.15) is 0 Å². The van der Waals surface area contributed by atoms with Crippen molar-refractivity contribution in [2.45, 2.75) is 25.8 Å². The van der Waals surface area contributed by atoms with Crippen LogP contribution >= 0.6 is 0 Å². The summed E-state index contributed by atoms with van der Waals surface area (Å²) in [5.41, 5.74) is 2.21. The summed E-state index contributed by atoms with van der Waals surface area (Å²) in [6.07, 6.45) is 1.87. The van der Waals surface area contributed by atoms with Gasteiger partial charge in [0.2, 0.25) is 5.91 Å². The number of carbonyl (C=O) groups is 1. The first-order valence-corrected chi connectivity index (χ1v) is 9.15. The molecule has 1 N–H and O–H groups in total. The lowest BCUT2D eigenvalue weighted by atomic mass is 9.94. The SMILES string of the molecule is COCCN1CCC(C(=O)N(C)[C@@H](C)c2cc3ccccc3[nH]2)CC1. The monoisotopic (exact) mass is 343 g/mol. The number of nitrogens with one attached hydrogen (secondary N) is 1. The van der Waals surface area contributed by atoms with Gasteiger partial charge in [0.15, 0.2) is 0 Å². The number of methoxy groups -OCH3 is 1. The van der Waals surface area contributed by atoms with E-state index in [1.54, 1.807) is 7.11 Å². The third kappa shape index (κ3) is 4.05. The lowest BCUT2D eigenvalue weighted by Gasteiger charge is -2.34. The average molecular weight is 343 g/mol. The molecular formula is C20H29N3O2. The van der Waals surface area contributed by atoms with Crippen molar-refractivity contribution in [1.82, 2.24) is 14.8 Å². The number of aromatic nitrogens is 1. The molecule has 5 heteroatoms. The van der Waals surface area contributed by atoms with Crippen LogP contribution in [0.5, 0.6) is 0 Å². The zero-order chi connectivity index (χ0) is 17.8. The van der Waals surface area contributed by atoms with Gasteiger partial charge in [-0.15, -0.1) is 0 Å². The summed E-state index contributed by atoms with van der Waals surface area (Å²) >= 11 is 0. The fourth-order valence-electron chi connectivity index (χ4n) is 3.63. The summed E-state index contributed by atoms with van der Waals surface area (Å²) in [5.74, 6) is 0.396. The van der Waals surface area contributed by atoms with Crippen LogP contribution in [-0.2, 0) is 9.53 Å². The van der Waals surface area contributed by atoms with E-state index in [1.807, 2.05) is 24.1 Å². The maximum atomic E-state index is 12.9. The first-order valence-electron chi connectivity index (χ1n) is 9.15. The summed E-state index contributed by atoms with van der Waals surface area (Å²) in [4.78, 5) is 20.7. The van der Waals surface area contributed by atoms with E-state index in [2.05, 4.69) is 35.0 Å². The van der Waals surface area contributed by atoms with Gasteiger partial charge in [0.1, 0.15) is 0 Å². The Labute approximate surface area is 149 Å². The van der Waals surface area contributed by atoms with E-state index in [4.69, 9.17) is 4.74 Å². The number of hydrogen-bond donors (Lipinski definition) is 1. The van der Waals surface area contributed by atoms with E-state index in [9.17, 15) is 4.79 Å². The van der Waals surface area contributed by atoms with Crippen LogP contribution in [0.2, 0.25) is 0 Å². The Morgan fingerprint density at radius 3 is 2.76 bits per heavy atom. The summed E-state index contributed by atoms with van der Waals surface area (Å²) in [6.45, 7) is 5.77. The first-order chi connectivity index (χ1) is 12.1. The Balaban J connectivity index is 1.60. The number of ether oxygens (including phenoxy) is 1. The van der Waals surface area contributed by atoms with Crippen molar-refractivity contribution in [3.8, 4) is 0 Å². The smallest absolute Gasteiger partial charge is 0.226 e. The van der Waals surface area contributed by atoms with Gasteiger partial charge in [-0.25, -0.2) is 0 Å². The molecule has 2 aromatic rings. The van der Waals surface area contributed by atoms with Crippen LogP contribution in [0.3, 0.4) is 0 Å². The lowest BCUT2D eigenvalue weighted by Crippen LogP contribution is -2.42. The van der Waals surface area contributed by atoms with Gasteiger partial charge in [0.05, 0.1) is 12.6 Å². The van der Waals surface area contributed by atoms with Gasteiger partial charge in [0.25, 0.3) is 0 Å². The van der Waals surface area contributed by atoms with Crippen LogP contribution in [0.15, 0.2) is 30.3 Å². The Kier molecular flexibility index (Phi) is 5.76. The van der Waals surface area contributed by atoms with Crippen LogP contribution in [0.1, 0.15) is 31.5 Å². The number of benzene rings is 1. The Hall–Kier alpha value is -1.85. The minimum absolute atomic E-state index is 0.0476. The number of likely N-dealkylation sites (tertiary alicyclic amines) is 1. The first kappa shape index (κ1) is 18.0. The Morgan fingerprint density at radius 2 is 2.08 bits per heavy atom. The molecule has 136 valence electrons. The predicted octanol–water partition coefficient (Wildman–Crippen LogP) is 3.05. The summed E-state index contributed by atoms with van der Waals surface area (Å²) < 4.78 is 5.14. The van der Waals surface area contributed by atoms with Crippen molar-refractivity contribution in [2.24, 2.45) is 5.92 Å². The molecular weight excluding hydrogens is 314 g/mol. The highest BCUT2D eigenvalue weighted by Crippen LogP contribution is 2.27. The molecule has 1 aliphatic heterocycles. The number of H-pyrrole nitrogens is 1. The number of rotatable bonds is 6. The second kappa shape index (κ2) is 8.02. The number of nitrogens with zero attached hydrogens (tertiary/aromatic N) is 2. The van der Waals surface area contributed by atoms with E-state index in [-0.39, 0.29) is 17.9 Å². The number of carbonyl (C=O) groups excluding carboxylic acids is 1. The highest BCUT2D eigenvalue weighted by Gasteiger charge is 2.29. The number of hydrogen-bond acceptors (Lipinski definition) is 3. The minimum Gasteiger partial charge on any atom is -0.383 e. The number of amides is 1. The number of para-hydroxylation sites is 1. The van der Waals surface area contributed by atoms with Crippen LogP contribution in [0, 0.1) is 5.92 Å². The fraction of sp³-hybridized carbons (Fsp3) is 0.550. The number of fused-ring (bicyclic) bond motifs is 1. The van der Waals surface area contributed by atoms with Gasteiger partial charge in [0, 0.05) is 37.8 Å². The molecule has 0 radical (unpaired) electrons. The Bertz CT molecular complexity index is 671. The van der Waals surface area contributed by atoms with Crippen molar-refractivity contribution in [3.63, 3.8) is 0 Å². The van der Waals surface area contributed by atoms with Crippen molar-refractivity contribution >= 4 is 16.8 Å². The van der Waals surface area contributed by atoms with Crippen LogP contribution < -0.4 is 0 Å². The molecule has 1 amide bonds. The van der Waals surface area contributed by atoms with Gasteiger partial charge in [-0.05, 0) is 50.4 Å². The van der Waals surface area contributed by atoms with Gasteiger partial charge in [-0.3, -0.25) is 4.79 Å². The fourth-order valence-corrected chi connectivity index (χ4v) is 3.63. The van der Waals surface area contributed by atoms with Gasteiger partial charge < -0.3 is 19.5 Å². The zero-order valence-corrected chi connectivity index (χ0v) is 15.5. The molecule has 25 heavy (non-hydrogen) atoms. The summed E-state index contributed by atoms with van der Waals surface area (Å²) in [5, 5.41) is 1.19. The number of piperidine rings is 1. The molecule has 0 unspecified atom stereocenters. The summed E-state index contributed by atoms with van der Waals surface area (Å²) in [6, 6.07) is 10.4. The maximum Gasteiger partial charge on any atom is 0.226 e. The van der Waals surface area contributed by atoms with Crippen molar-refractivity contribution in [3.05, 3.63) is 36.0 Å². The van der Waals surface area contributed by atoms with E-state index < -0.39 is 0 Å². The zero-order valence-electron chi connectivity index (χ0n) is 15.5. The molecule has 0 saturated carbocycles. The van der Waals surface area contributed by atoms with Crippen molar-refractivity contribution < 1.29 is 9.53 Å². The lowest BCUT2D eigenvalue weighted by molar-refractivity contribution is -0.137. The molecule has 3 rings (SSSR count).